The number of rotatable bonds is 6. The summed E-state index contributed by atoms with van der Waals surface area (Å²) in [5.74, 6) is 0.457. The molecular weight excluding hydrogens is 226 g/mol. The number of hydrogen-bond donors (Lipinski definition) is 3. The van der Waals surface area contributed by atoms with Crippen molar-refractivity contribution < 1.29 is 4.79 Å². The van der Waals surface area contributed by atoms with Crippen molar-refractivity contribution in [3.05, 3.63) is 29.8 Å². The maximum Gasteiger partial charge on any atom is 0.319 e. The fourth-order valence-electron chi connectivity index (χ4n) is 1.82. The molecule has 4 N–H and O–H groups in total. The van der Waals surface area contributed by atoms with E-state index in [4.69, 9.17) is 5.73 Å². The molecule has 0 aliphatic heterocycles. The van der Waals surface area contributed by atoms with Gasteiger partial charge in [-0.2, -0.15) is 0 Å². The molecule has 18 heavy (non-hydrogen) atoms. The number of nitrogens with two attached hydrogens (primary N) is 1. The lowest BCUT2D eigenvalue weighted by Crippen LogP contribution is -2.33. The van der Waals surface area contributed by atoms with E-state index in [-0.39, 0.29) is 6.03 Å². The Labute approximate surface area is 109 Å². The summed E-state index contributed by atoms with van der Waals surface area (Å²) in [6.07, 6.45) is 1.98. The molecular formula is C14H23N3O. The minimum atomic E-state index is -0.156. The molecule has 1 atom stereocenters. The summed E-state index contributed by atoms with van der Waals surface area (Å²) < 4.78 is 0. The third-order valence-electron chi connectivity index (χ3n) is 2.98. The number of carbonyl (C=O) groups is 1. The number of urea groups is 1. The summed E-state index contributed by atoms with van der Waals surface area (Å²) in [6, 6.07) is 7.59. The molecule has 4 heteroatoms. The van der Waals surface area contributed by atoms with Gasteiger partial charge in [-0.05, 0) is 43.5 Å². The van der Waals surface area contributed by atoms with E-state index in [1.807, 2.05) is 31.2 Å². The second-order valence-electron chi connectivity index (χ2n) is 4.56. The van der Waals surface area contributed by atoms with Crippen LogP contribution in [0, 0.1) is 12.8 Å². The predicted octanol–water partition coefficient (Wildman–Crippen LogP) is 2.49. The smallest absolute Gasteiger partial charge is 0.319 e. The van der Waals surface area contributed by atoms with E-state index in [0.29, 0.717) is 19.0 Å². The molecule has 100 valence electrons. The van der Waals surface area contributed by atoms with E-state index in [2.05, 4.69) is 17.6 Å². The highest BCUT2D eigenvalue weighted by atomic mass is 16.2. The van der Waals surface area contributed by atoms with Crippen LogP contribution >= 0.6 is 0 Å². The minimum Gasteiger partial charge on any atom is -0.338 e. The average molecular weight is 249 g/mol. The highest BCUT2D eigenvalue weighted by Crippen LogP contribution is 2.09. The quantitative estimate of drug-likeness (QED) is 0.725. The van der Waals surface area contributed by atoms with Gasteiger partial charge in [0.1, 0.15) is 0 Å². The Kier molecular flexibility index (Phi) is 6.22. The van der Waals surface area contributed by atoms with Crippen molar-refractivity contribution in [2.24, 2.45) is 11.7 Å². The van der Waals surface area contributed by atoms with Gasteiger partial charge < -0.3 is 16.4 Å². The van der Waals surface area contributed by atoms with E-state index in [0.717, 1.165) is 24.1 Å². The van der Waals surface area contributed by atoms with Crippen molar-refractivity contribution in [3.8, 4) is 0 Å². The van der Waals surface area contributed by atoms with E-state index in [1.54, 1.807) is 0 Å². The third-order valence-corrected chi connectivity index (χ3v) is 2.98. The number of amides is 2. The Morgan fingerprint density at radius 1 is 1.44 bits per heavy atom. The SMILES string of the molecule is CCC(CCN)CNC(=O)Nc1cccc(C)c1. The zero-order chi connectivity index (χ0) is 13.4. The number of benzene rings is 1. The number of anilines is 1. The summed E-state index contributed by atoms with van der Waals surface area (Å²) >= 11 is 0. The van der Waals surface area contributed by atoms with E-state index < -0.39 is 0 Å². The van der Waals surface area contributed by atoms with Gasteiger partial charge in [0.15, 0.2) is 0 Å². The molecule has 0 spiro atoms. The van der Waals surface area contributed by atoms with Gasteiger partial charge in [0.25, 0.3) is 0 Å². The molecule has 0 aliphatic rings. The second-order valence-corrected chi connectivity index (χ2v) is 4.56. The van der Waals surface area contributed by atoms with E-state index in [9.17, 15) is 4.79 Å². The molecule has 0 aliphatic carbocycles. The molecule has 1 aromatic carbocycles. The average Bonchev–Trinajstić information content (AvgIpc) is 2.34. The van der Waals surface area contributed by atoms with Crippen LogP contribution in [0.5, 0.6) is 0 Å². The number of carbonyl (C=O) groups excluding carboxylic acids is 1. The highest BCUT2D eigenvalue weighted by molar-refractivity contribution is 5.89. The summed E-state index contributed by atoms with van der Waals surface area (Å²) in [6.45, 7) is 5.45. The van der Waals surface area contributed by atoms with Crippen LogP contribution in [0.1, 0.15) is 25.3 Å². The van der Waals surface area contributed by atoms with Crippen molar-refractivity contribution in [3.63, 3.8) is 0 Å². The monoisotopic (exact) mass is 249 g/mol. The molecule has 0 saturated carbocycles. The molecule has 4 nitrogen and oxygen atoms in total. The first-order valence-corrected chi connectivity index (χ1v) is 6.47. The van der Waals surface area contributed by atoms with Gasteiger partial charge >= 0.3 is 6.03 Å². The zero-order valence-corrected chi connectivity index (χ0v) is 11.2. The maximum absolute atomic E-state index is 11.7. The topological polar surface area (TPSA) is 67.1 Å². The van der Waals surface area contributed by atoms with Crippen LogP contribution in [-0.4, -0.2) is 19.1 Å². The molecule has 0 aromatic heterocycles. The first-order valence-electron chi connectivity index (χ1n) is 6.47. The van der Waals surface area contributed by atoms with Crippen molar-refractivity contribution in [2.45, 2.75) is 26.7 Å². The first-order chi connectivity index (χ1) is 8.65. The van der Waals surface area contributed by atoms with Gasteiger partial charge in [-0.1, -0.05) is 25.5 Å². The van der Waals surface area contributed by atoms with Crippen LogP contribution in [0.2, 0.25) is 0 Å². The zero-order valence-electron chi connectivity index (χ0n) is 11.2. The molecule has 0 heterocycles. The largest absolute Gasteiger partial charge is 0.338 e. The van der Waals surface area contributed by atoms with Gasteiger partial charge in [0.05, 0.1) is 0 Å². The van der Waals surface area contributed by atoms with Crippen LogP contribution in [0.4, 0.5) is 10.5 Å². The Balaban J connectivity index is 2.37. The van der Waals surface area contributed by atoms with Crippen molar-refractivity contribution in [1.29, 1.82) is 0 Å². The molecule has 0 radical (unpaired) electrons. The van der Waals surface area contributed by atoms with Crippen LogP contribution in [0.3, 0.4) is 0 Å². The Morgan fingerprint density at radius 2 is 2.22 bits per heavy atom. The Hall–Kier alpha value is -1.55. The fraction of sp³-hybridized carbons (Fsp3) is 0.500. The summed E-state index contributed by atoms with van der Waals surface area (Å²) in [5.41, 5.74) is 7.47. The molecule has 1 rings (SSSR count). The number of aryl methyl sites for hydroxylation is 1. The van der Waals surface area contributed by atoms with Crippen molar-refractivity contribution >= 4 is 11.7 Å². The van der Waals surface area contributed by atoms with Crippen LogP contribution in [-0.2, 0) is 0 Å². The lowest BCUT2D eigenvalue weighted by atomic mass is 10.0. The molecule has 1 unspecified atom stereocenters. The number of nitrogens with one attached hydrogen (secondary N) is 2. The van der Waals surface area contributed by atoms with Gasteiger partial charge in [-0.25, -0.2) is 4.79 Å². The van der Waals surface area contributed by atoms with Crippen LogP contribution < -0.4 is 16.4 Å². The van der Waals surface area contributed by atoms with Crippen molar-refractivity contribution in [1.82, 2.24) is 5.32 Å². The third kappa shape index (κ3) is 5.19. The predicted molar refractivity (Wildman–Crippen MR) is 75.7 cm³/mol. The lowest BCUT2D eigenvalue weighted by molar-refractivity contribution is 0.249. The minimum absolute atomic E-state index is 0.156. The second kappa shape index (κ2) is 7.71. The molecule has 2 amide bonds. The van der Waals surface area contributed by atoms with Crippen LogP contribution in [0.25, 0.3) is 0 Å². The molecule has 1 aromatic rings. The van der Waals surface area contributed by atoms with E-state index in [1.165, 1.54) is 0 Å². The summed E-state index contributed by atoms with van der Waals surface area (Å²) in [5, 5.41) is 5.70. The standard InChI is InChI=1S/C14H23N3O/c1-3-12(7-8-15)10-16-14(18)17-13-6-4-5-11(2)9-13/h4-6,9,12H,3,7-8,10,15H2,1-2H3,(H2,16,17,18). The van der Waals surface area contributed by atoms with Crippen molar-refractivity contribution in [2.75, 3.05) is 18.4 Å². The fourth-order valence-corrected chi connectivity index (χ4v) is 1.82. The normalized spacial score (nSPS) is 11.9. The number of hydrogen-bond acceptors (Lipinski definition) is 2. The molecule has 0 fully saturated rings. The first kappa shape index (κ1) is 14.5. The Morgan fingerprint density at radius 3 is 2.83 bits per heavy atom. The summed E-state index contributed by atoms with van der Waals surface area (Å²) in [4.78, 5) is 11.7. The maximum atomic E-state index is 11.7. The molecule has 0 saturated heterocycles. The summed E-state index contributed by atoms with van der Waals surface area (Å²) in [7, 11) is 0. The highest BCUT2D eigenvalue weighted by Gasteiger charge is 2.07. The molecule has 0 bridgehead atoms. The van der Waals surface area contributed by atoms with Gasteiger partial charge in [-0.3, -0.25) is 0 Å². The van der Waals surface area contributed by atoms with Gasteiger partial charge in [-0.15, -0.1) is 0 Å². The van der Waals surface area contributed by atoms with Gasteiger partial charge in [0, 0.05) is 12.2 Å². The Bertz CT molecular complexity index is 379. The lowest BCUT2D eigenvalue weighted by Gasteiger charge is -2.15. The van der Waals surface area contributed by atoms with Crippen LogP contribution in [0.15, 0.2) is 24.3 Å². The van der Waals surface area contributed by atoms with E-state index >= 15 is 0 Å². The van der Waals surface area contributed by atoms with Gasteiger partial charge in [0.2, 0.25) is 0 Å².